The number of aryl methyl sites for hydroxylation is 1. The van der Waals surface area contributed by atoms with E-state index >= 15 is 0 Å². The summed E-state index contributed by atoms with van der Waals surface area (Å²) in [5.41, 5.74) is 0.256. The van der Waals surface area contributed by atoms with E-state index in [-0.39, 0.29) is 10.8 Å². The van der Waals surface area contributed by atoms with Crippen molar-refractivity contribution in [3.63, 3.8) is 0 Å². The first kappa shape index (κ1) is 13.2. The molecule has 0 aromatic carbocycles. The summed E-state index contributed by atoms with van der Waals surface area (Å²) in [6.45, 7) is 9.81. The van der Waals surface area contributed by atoms with Gasteiger partial charge in [0, 0.05) is 29.1 Å². The fourth-order valence-electron chi connectivity index (χ4n) is 4.88. The van der Waals surface area contributed by atoms with Gasteiger partial charge >= 0.3 is 0 Å². The zero-order valence-electron chi connectivity index (χ0n) is 12.6. The van der Waals surface area contributed by atoms with Crippen LogP contribution in [0, 0.1) is 16.7 Å². The Morgan fingerprint density at radius 3 is 2.74 bits per heavy atom. The average Bonchev–Trinajstić information content (AvgIpc) is 2.98. The molecule has 2 fully saturated rings. The van der Waals surface area contributed by atoms with Crippen LogP contribution < -0.4 is 0 Å². The van der Waals surface area contributed by atoms with Crippen LogP contribution in [0.15, 0.2) is 12.4 Å². The second kappa shape index (κ2) is 3.85. The molecule has 19 heavy (non-hydrogen) atoms. The number of rotatable bonds is 3. The predicted octanol–water partition coefficient (Wildman–Crippen LogP) is 3.33. The van der Waals surface area contributed by atoms with Gasteiger partial charge in [0.15, 0.2) is 0 Å². The smallest absolute Gasteiger partial charge is 0.103 e. The zero-order chi connectivity index (χ0) is 13.9. The van der Waals surface area contributed by atoms with Gasteiger partial charge in [0.05, 0.1) is 6.20 Å². The predicted molar refractivity (Wildman–Crippen MR) is 75.6 cm³/mol. The van der Waals surface area contributed by atoms with Gasteiger partial charge in [-0.15, -0.1) is 0 Å². The van der Waals surface area contributed by atoms with Gasteiger partial charge in [-0.05, 0) is 31.6 Å². The lowest BCUT2D eigenvalue weighted by Gasteiger charge is -2.50. The molecule has 0 spiro atoms. The maximum atomic E-state index is 11.6. The summed E-state index contributed by atoms with van der Waals surface area (Å²) in [6.07, 6.45) is 8.57. The highest BCUT2D eigenvalue weighted by Gasteiger charge is 2.69. The Balaban J connectivity index is 2.05. The summed E-state index contributed by atoms with van der Waals surface area (Å²) in [5, 5.41) is 16.0. The number of fused-ring (bicyclic) bond motifs is 2. The van der Waals surface area contributed by atoms with Crippen molar-refractivity contribution in [3.8, 4) is 0 Å². The minimum Gasteiger partial charge on any atom is -0.384 e. The second-order valence-electron chi connectivity index (χ2n) is 7.42. The maximum Gasteiger partial charge on any atom is 0.103 e. The third kappa shape index (κ3) is 1.45. The molecule has 1 aromatic rings. The summed E-state index contributed by atoms with van der Waals surface area (Å²) in [7, 11) is 0. The van der Waals surface area contributed by atoms with Gasteiger partial charge < -0.3 is 5.11 Å². The van der Waals surface area contributed by atoms with Crippen molar-refractivity contribution in [2.75, 3.05) is 0 Å². The molecule has 106 valence electrons. The molecular formula is C16H26N2O. The van der Waals surface area contributed by atoms with E-state index in [1.54, 1.807) is 0 Å². The second-order valence-corrected chi connectivity index (χ2v) is 7.42. The lowest BCUT2D eigenvalue weighted by atomic mass is 9.58. The highest BCUT2D eigenvalue weighted by molar-refractivity contribution is 5.30. The largest absolute Gasteiger partial charge is 0.384 e. The summed E-state index contributed by atoms with van der Waals surface area (Å²) in [6, 6.07) is 0. The summed E-state index contributed by atoms with van der Waals surface area (Å²) in [5.74, 6) is 0.636. The molecule has 3 rings (SSSR count). The number of hydrogen-bond acceptors (Lipinski definition) is 2. The lowest BCUT2D eigenvalue weighted by molar-refractivity contribution is -0.150. The molecule has 2 aliphatic carbocycles. The molecule has 3 unspecified atom stereocenters. The van der Waals surface area contributed by atoms with E-state index in [4.69, 9.17) is 0 Å². The molecule has 0 amide bonds. The standard InChI is InChI=1S/C16H26N2O/c1-5-8-18-11-13(10-17-18)16(19)14(2,3)12-6-7-15(16,4)9-12/h10-12,19H,5-9H2,1-4H3. The van der Waals surface area contributed by atoms with Gasteiger partial charge in [0.25, 0.3) is 0 Å². The summed E-state index contributed by atoms with van der Waals surface area (Å²) in [4.78, 5) is 0. The van der Waals surface area contributed by atoms with Gasteiger partial charge in [-0.3, -0.25) is 4.68 Å². The minimum absolute atomic E-state index is 0.0151. The Bertz CT molecular complexity index is 486. The van der Waals surface area contributed by atoms with E-state index < -0.39 is 5.60 Å². The summed E-state index contributed by atoms with van der Waals surface area (Å²) >= 11 is 0. The first-order chi connectivity index (χ1) is 8.85. The Labute approximate surface area is 116 Å². The minimum atomic E-state index is -0.727. The first-order valence-electron chi connectivity index (χ1n) is 7.60. The van der Waals surface area contributed by atoms with E-state index in [0.29, 0.717) is 5.92 Å². The quantitative estimate of drug-likeness (QED) is 0.907. The fourth-order valence-corrected chi connectivity index (χ4v) is 4.88. The Kier molecular flexibility index (Phi) is 2.66. The van der Waals surface area contributed by atoms with Crippen LogP contribution in [0.3, 0.4) is 0 Å². The van der Waals surface area contributed by atoms with Crippen LogP contribution in [0.1, 0.15) is 58.9 Å². The Morgan fingerprint density at radius 2 is 2.16 bits per heavy atom. The van der Waals surface area contributed by atoms with Crippen molar-refractivity contribution in [1.29, 1.82) is 0 Å². The van der Waals surface area contributed by atoms with E-state index in [2.05, 4.69) is 39.0 Å². The van der Waals surface area contributed by atoms with E-state index in [1.807, 2.05) is 10.9 Å². The van der Waals surface area contributed by atoms with E-state index in [9.17, 15) is 5.11 Å². The van der Waals surface area contributed by atoms with Crippen LogP contribution >= 0.6 is 0 Å². The van der Waals surface area contributed by atoms with Crippen LogP contribution in [-0.2, 0) is 12.1 Å². The number of aliphatic hydroxyl groups is 1. The average molecular weight is 262 g/mol. The highest BCUT2D eigenvalue weighted by atomic mass is 16.3. The van der Waals surface area contributed by atoms with Gasteiger partial charge in [0.2, 0.25) is 0 Å². The molecule has 2 bridgehead atoms. The van der Waals surface area contributed by atoms with Crippen LogP contribution in [0.4, 0.5) is 0 Å². The molecule has 3 atom stereocenters. The van der Waals surface area contributed by atoms with Crippen molar-refractivity contribution < 1.29 is 5.11 Å². The Hall–Kier alpha value is -0.830. The van der Waals surface area contributed by atoms with Crippen LogP contribution in [0.2, 0.25) is 0 Å². The molecule has 0 saturated heterocycles. The molecule has 0 radical (unpaired) electrons. The molecule has 3 nitrogen and oxygen atoms in total. The monoisotopic (exact) mass is 262 g/mol. The van der Waals surface area contributed by atoms with Crippen LogP contribution in [-0.4, -0.2) is 14.9 Å². The fraction of sp³-hybridized carbons (Fsp3) is 0.812. The van der Waals surface area contributed by atoms with Gasteiger partial charge in [-0.1, -0.05) is 27.7 Å². The normalized spacial score (nSPS) is 39.9. The van der Waals surface area contributed by atoms with Gasteiger partial charge in [0.1, 0.15) is 5.60 Å². The topological polar surface area (TPSA) is 38.0 Å². The van der Waals surface area contributed by atoms with Gasteiger partial charge in [-0.25, -0.2) is 0 Å². The third-order valence-electron chi connectivity index (χ3n) is 6.07. The molecule has 1 aromatic heterocycles. The van der Waals surface area contributed by atoms with E-state index in [1.165, 1.54) is 6.42 Å². The summed E-state index contributed by atoms with van der Waals surface area (Å²) < 4.78 is 1.97. The van der Waals surface area contributed by atoms with E-state index in [0.717, 1.165) is 31.4 Å². The van der Waals surface area contributed by atoms with Crippen molar-refractivity contribution in [1.82, 2.24) is 9.78 Å². The van der Waals surface area contributed by atoms with Crippen molar-refractivity contribution in [2.45, 2.75) is 65.5 Å². The number of nitrogens with zero attached hydrogens (tertiary/aromatic N) is 2. The molecule has 2 aliphatic rings. The van der Waals surface area contributed by atoms with Crippen LogP contribution in [0.25, 0.3) is 0 Å². The maximum absolute atomic E-state index is 11.6. The molecular weight excluding hydrogens is 236 g/mol. The molecule has 1 heterocycles. The number of aromatic nitrogens is 2. The van der Waals surface area contributed by atoms with Crippen LogP contribution in [0.5, 0.6) is 0 Å². The van der Waals surface area contributed by atoms with Crippen molar-refractivity contribution >= 4 is 0 Å². The van der Waals surface area contributed by atoms with Crippen molar-refractivity contribution in [2.24, 2.45) is 16.7 Å². The highest BCUT2D eigenvalue weighted by Crippen LogP contribution is 2.71. The first-order valence-corrected chi connectivity index (χ1v) is 7.60. The molecule has 1 N–H and O–H groups in total. The SMILES string of the molecule is CCCn1cc(C2(O)C3(C)CCC(C3)C2(C)C)cn1. The Morgan fingerprint density at radius 1 is 1.42 bits per heavy atom. The zero-order valence-corrected chi connectivity index (χ0v) is 12.6. The molecule has 0 aliphatic heterocycles. The molecule has 3 heteroatoms. The number of hydrogen-bond donors (Lipinski definition) is 1. The van der Waals surface area contributed by atoms with Gasteiger partial charge in [-0.2, -0.15) is 5.10 Å². The van der Waals surface area contributed by atoms with Crippen molar-refractivity contribution in [3.05, 3.63) is 18.0 Å². The lowest BCUT2D eigenvalue weighted by Crippen LogP contribution is -2.51. The third-order valence-corrected chi connectivity index (χ3v) is 6.07. The molecule has 2 saturated carbocycles.